The Morgan fingerprint density at radius 3 is 2.92 bits per heavy atom. The quantitative estimate of drug-likeness (QED) is 0.538. The van der Waals surface area contributed by atoms with E-state index in [1.807, 2.05) is 0 Å². The summed E-state index contributed by atoms with van der Waals surface area (Å²) in [6.07, 6.45) is 3.44. The largest absolute Gasteiger partial charge is 0.359 e. The van der Waals surface area contributed by atoms with Gasteiger partial charge >= 0.3 is 0 Å². The molecule has 0 bridgehead atoms. The molecule has 0 aromatic carbocycles. The third-order valence-electron chi connectivity index (χ3n) is 2.60. The molecular weight excluding hydrogens is 186 g/mol. The molecule has 0 aromatic heterocycles. The van der Waals surface area contributed by atoms with Crippen molar-refractivity contribution in [1.82, 2.24) is 5.32 Å². The second kappa shape index (κ2) is 4.66. The summed E-state index contributed by atoms with van der Waals surface area (Å²) in [5.41, 5.74) is 1.13. The van der Waals surface area contributed by atoms with Crippen LogP contribution in [0.15, 0.2) is 12.2 Å². The Hall–Kier alpha value is -0.500. The van der Waals surface area contributed by atoms with Gasteiger partial charge in [-0.2, -0.15) is 0 Å². The highest BCUT2D eigenvalue weighted by molar-refractivity contribution is 6.20. The van der Waals surface area contributed by atoms with E-state index >= 15 is 0 Å². The summed E-state index contributed by atoms with van der Waals surface area (Å²) < 4.78 is 0. The van der Waals surface area contributed by atoms with Crippen molar-refractivity contribution in [2.45, 2.75) is 31.1 Å². The third-order valence-corrected chi connectivity index (χ3v) is 2.97. The molecule has 3 heteroatoms. The molecule has 0 aromatic rings. The zero-order valence-electron chi connectivity index (χ0n) is 7.98. The van der Waals surface area contributed by atoms with Gasteiger partial charge in [0.05, 0.1) is 0 Å². The highest BCUT2D eigenvalue weighted by Gasteiger charge is 2.24. The molecule has 0 aliphatic heterocycles. The molecule has 1 N–H and O–H groups in total. The van der Waals surface area contributed by atoms with Gasteiger partial charge < -0.3 is 5.32 Å². The van der Waals surface area contributed by atoms with E-state index in [2.05, 4.69) is 11.9 Å². The van der Waals surface area contributed by atoms with E-state index in [1.165, 1.54) is 0 Å². The fourth-order valence-electron chi connectivity index (χ4n) is 1.71. The first-order chi connectivity index (χ1) is 6.13. The molecule has 2 atom stereocenters. The lowest BCUT2D eigenvalue weighted by Gasteiger charge is -2.26. The van der Waals surface area contributed by atoms with E-state index in [0.29, 0.717) is 12.3 Å². The van der Waals surface area contributed by atoms with Crippen LogP contribution in [0.25, 0.3) is 0 Å². The van der Waals surface area contributed by atoms with E-state index in [1.54, 1.807) is 7.05 Å². The molecule has 2 nitrogen and oxygen atoms in total. The number of alkyl halides is 1. The number of hydrogen-bond donors (Lipinski definition) is 1. The highest BCUT2D eigenvalue weighted by Crippen LogP contribution is 2.33. The Balaban J connectivity index is 2.42. The van der Waals surface area contributed by atoms with Crippen molar-refractivity contribution in [3.8, 4) is 0 Å². The SMILES string of the molecule is C=C1CC(Cl)CCC1CC(=O)NC. The lowest BCUT2D eigenvalue weighted by Crippen LogP contribution is -2.25. The molecule has 0 saturated heterocycles. The Labute approximate surface area is 84.3 Å². The molecule has 0 radical (unpaired) electrons. The average Bonchev–Trinajstić information content (AvgIpc) is 2.09. The number of rotatable bonds is 2. The summed E-state index contributed by atoms with van der Waals surface area (Å²) in [5, 5.41) is 2.86. The molecule has 13 heavy (non-hydrogen) atoms. The summed E-state index contributed by atoms with van der Waals surface area (Å²) in [5.74, 6) is 0.439. The Morgan fingerprint density at radius 2 is 2.38 bits per heavy atom. The number of hydrogen-bond acceptors (Lipinski definition) is 1. The predicted octanol–water partition coefficient (Wildman–Crippen LogP) is 2.09. The van der Waals surface area contributed by atoms with E-state index < -0.39 is 0 Å². The van der Waals surface area contributed by atoms with Crippen LogP contribution < -0.4 is 5.32 Å². The van der Waals surface area contributed by atoms with Gasteiger partial charge in [-0.1, -0.05) is 12.2 Å². The van der Waals surface area contributed by atoms with Crippen molar-refractivity contribution in [2.24, 2.45) is 5.92 Å². The monoisotopic (exact) mass is 201 g/mol. The van der Waals surface area contributed by atoms with Crippen LogP contribution in [-0.4, -0.2) is 18.3 Å². The van der Waals surface area contributed by atoms with Crippen LogP contribution in [0, 0.1) is 5.92 Å². The van der Waals surface area contributed by atoms with Gasteiger partial charge in [0.2, 0.25) is 5.91 Å². The van der Waals surface area contributed by atoms with Crippen LogP contribution in [0.1, 0.15) is 25.7 Å². The molecule has 0 heterocycles. The first-order valence-electron chi connectivity index (χ1n) is 4.65. The maximum absolute atomic E-state index is 11.1. The van der Waals surface area contributed by atoms with Crippen molar-refractivity contribution < 1.29 is 4.79 Å². The van der Waals surface area contributed by atoms with Crippen LogP contribution in [-0.2, 0) is 4.79 Å². The van der Waals surface area contributed by atoms with Crippen LogP contribution in [0.4, 0.5) is 0 Å². The van der Waals surface area contributed by atoms with Crippen LogP contribution >= 0.6 is 11.6 Å². The van der Waals surface area contributed by atoms with Crippen LogP contribution in [0.3, 0.4) is 0 Å². The molecular formula is C10H16ClNO. The maximum Gasteiger partial charge on any atom is 0.220 e. The van der Waals surface area contributed by atoms with E-state index in [-0.39, 0.29) is 11.3 Å². The van der Waals surface area contributed by atoms with Gasteiger partial charge in [0.15, 0.2) is 0 Å². The number of carbonyl (C=O) groups excluding carboxylic acids is 1. The average molecular weight is 202 g/mol. The molecule has 1 saturated carbocycles. The molecule has 1 fully saturated rings. The smallest absolute Gasteiger partial charge is 0.220 e. The number of halogens is 1. The van der Waals surface area contributed by atoms with Gasteiger partial charge in [0.1, 0.15) is 0 Å². The minimum absolute atomic E-state index is 0.0965. The van der Waals surface area contributed by atoms with Gasteiger partial charge in [-0.05, 0) is 25.2 Å². The predicted molar refractivity (Wildman–Crippen MR) is 54.8 cm³/mol. The number of nitrogens with one attached hydrogen (secondary N) is 1. The fraction of sp³-hybridized carbons (Fsp3) is 0.700. The van der Waals surface area contributed by atoms with E-state index in [4.69, 9.17) is 11.6 Å². The highest BCUT2D eigenvalue weighted by atomic mass is 35.5. The standard InChI is InChI=1S/C10H16ClNO/c1-7-5-9(11)4-3-8(7)6-10(13)12-2/h8-9H,1,3-6H2,2H3,(H,12,13). The topological polar surface area (TPSA) is 29.1 Å². The lowest BCUT2D eigenvalue weighted by atomic mass is 9.83. The zero-order valence-corrected chi connectivity index (χ0v) is 8.73. The summed E-state index contributed by atoms with van der Waals surface area (Å²) in [6.45, 7) is 3.97. The molecule has 0 spiro atoms. The Morgan fingerprint density at radius 1 is 1.69 bits per heavy atom. The van der Waals surface area contributed by atoms with Crippen molar-refractivity contribution in [1.29, 1.82) is 0 Å². The molecule has 1 amide bonds. The molecule has 1 aliphatic rings. The molecule has 1 aliphatic carbocycles. The number of allylic oxidation sites excluding steroid dienone is 1. The molecule has 2 unspecified atom stereocenters. The second-order valence-electron chi connectivity index (χ2n) is 3.61. The maximum atomic E-state index is 11.1. The van der Waals surface area contributed by atoms with Gasteiger partial charge in [0.25, 0.3) is 0 Å². The van der Waals surface area contributed by atoms with Crippen molar-refractivity contribution in [3.63, 3.8) is 0 Å². The summed E-state index contributed by atoms with van der Waals surface area (Å²) >= 11 is 5.99. The van der Waals surface area contributed by atoms with Gasteiger partial charge in [-0.25, -0.2) is 0 Å². The first-order valence-corrected chi connectivity index (χ1v) is 5.09. The van der Waals surface area contributed by atoms with Crippen LogP contribution in [0.5, 0.6) is 0 Å². The van der Waals surface area contributed by atoms with Gasteiger partial charge in [-0.3, -0.25) is 4.79 Å². The summed E-state index contributed by atoms with van der Waals surface area (Å²) in [4.78, 5) is 11.1. The van der Waals surface area contributed by atoms with E-state index in [0.717, 1.165) is 24.8 Å². The van der Waals surface area contributed by atoms with Crippen molar-refractivity contribution >= 4 is 17.5 Å². The van der Waals surface area contributed by atoms with E-state index in [9.17, 15) is 4.79 Å². The normalized spacial score (nSPS) is 28.6. The number of amides is 1. The van der Waals surface area contributed by atoms with Crippen molar-refractivity contribution in [3.05, 3.63) is 12.2 Å². The Bertz CT molecular complexity index is 215. The second-order valence-corrected chi connectivity index (χ2v) is 4.23. The summed E-state index contributed by atoms with van der Waals surface area (Å²) in [6, 6.07) is 0. The molecule has 74 valence electrons. The minimum atomic E-state index is 0.0965. The van der Waals surface area contributed by atoms with Crippen molar-refractivity contribution in [2.75, 3.05) is 7.05 Å². The zero-order chi connectivity index (χ0) is 9.84. The molecule has 1 rings (SSSR count). The van der Waals surface area contributed by atoms with Gasteiger partial charge in [0, 0.05) is 18.8 Å². The van der Waals surface area contributed by atoms with Gasteiger partial charge in [-0.15, -0.1) is 11.6 Å². The summed E-state index contributed by atoms with van der Waals surface area (Å²) in [7, 11) is 1.66. The lowest BCUT2D eigenvalue weighted by molar-refractivity contribution is -0.121. The Kier molecular flexibility index (Phi) is 3.79. The minimum Gasteiger partial charge on any atom is -0.359 e. The fourth-order valence-corrected chi connectivity index (χ4v) is 2.04. The van der Waals surface area contributed by atoms with Crippen LogP contribution in [0.2, 0.25) is 0 Å². The third kappa shape index (κ3) is 3.03. The first kappa shape index (κ1) is 10.6. The number of carbonyl (C=O) groups is 1.